The van der Waals surface area contributed by atoms with Crippen LogP contribution in [0.15, 0.2) is 24.3 Å². The maximum absolute atomic E-state index is 12.3. The second-order valence-corrected chi connectivity index (χ2v) is 7.55. The van der Waals surface area contributed by atoms with Crippen LogP contribution in [0.3, 0.4) is 0 Å². The number of fused-ring (bicyclic) bond motifs is 1. The van der Waals surface area contributed by atoms with Gasteiger partial charge in [-0.15, -0.1) is 0 Å². The molecule has 3 heteroatoms. The van der Waals surface area contributed by atoms with E-state index in [0.29, 0.717) is 17.7 Å². The Morgan fingerprint density at radius 1 is 0.615 bits per heavy atom. The van der Waals surface area contributed by atoms with Crippen LogP contribution in [0.4, 0.5) is 0 Å². The summed E-state index contributed by atoms with van der Waals surface area (Å²) in [4.78, 5) is 25.9. The fourth-order valence-corrected chi connectivity index (χ4v) is 3.73. The number of unbranched alkanes of at least 4 members (excludes halogenated alkanes) is 12. The minimum absolute atomic E-state index is 0.121. The molecule has 0 spiro atoms. The highest BCUT2D eigenvalue weighted by Gasteiger charge is 2.34. The number of nitrogens with zero attached hydrogens (tertiary/aromatic N) is 1. The van der Waals surface area contributed by atoms with Crippen molar-refractivity contribution in [1.29, 1.82) is 0 Å². The summed E-state index contributed by atoms with van der Waals surface area (Å²) in [6.45, 7) is 2.82. The van der Waals surface area contributed by atoms with Gasteiger partial charge in [-0.3, -0.25) is 14.5 Å². The summed E-state index contributed by atoms with van der Waals surface area (Å²) in [6, 6.07) is 7.14. The van der Waals surface area contributed by atoms with Crippen molar-refractivity contribution in [2.24, 2.45) is 0 Å². The highest BCUT2D eigenvalue weighted by Crippen LogP contribution is 2.23. The lowest BCUT2D eigenvalue weighted by atomic mass is 10.0. The van der Waals surface area contributed by atoms with Crippen molar-refractivity contribution in [2.45, 2.75) is 90.4 Å². The fraction of sp³-hybridized carbons (Fsp3) is 0.652. The second-order valence-electron chi connectivity index (χ2n) is 7.55. The first-order valence-corrected chi connectivity index (χ1v) is 10.7. The van der Waals surface area contributed by atoms with Crippen LogP contribution in [-0.4, -0.2) is 23.3 Å². The molecule has 0 unspecified atom stereocenters. The zero-order valence-electron chi connectivity index (χ0n) is 16.5. The van der Waals surface area contributed by atoms with Crippen molar-refractivity contribution in [3.8, 4) is 0 Å². The third-order valence-electron chi connectivity index (χ3n) is 5.36. The minimum Gasteiger partial charge on any atom is -0.274 e. The number of benzene rings is 1. The maximum Gasteiger partial charge on any atom is 0.261 e. The van der Waals surface area contributed by atoms with Crippen LogP contribution in [0.25, 0.3) is 0 Å². The lowest BCUT2D eigenvalue weighted by Crippen LogP contribution is -2.30. The fourth-order valence-electron chi connectivity index (χ4n) is 3.73. The molecule has 0 aromatic heterocycles. The number of carbonyl (C=O) groups is 2. The SMILES string of the molecule is CCCCCCCCCCCCCCCN1C(=O)c2ccccc2C1=O. The minimum atomic E-state index is -0.121. The predicted octanol–water partition coefficient (Wildman–Crippen LogP) is 6.37. The van der Waals surface area contributed by atoms with Gasteiger partial charge < -0.3 is 0 Å². The number of carbonyl (C=O) groups excluding carboxylic acids is 2. The molecule has 144 valence electrons. The van der Waals surface area contributed by atoms with Gasteiger partial charge in [-0.1, -0.05) is 96.1 Å². The van der Waals surface area contributed by atoms with E-state index in [1.54, 1.807) is 12.1 Å². The van der Waals surface area contributed by atoms with Gasteiger partial charge in [-0.2, -0.15) is 0 Å². The standard InChI is InChI=1S/C23H35NO2/c1-2-3-4-5-6-7-8-9-10-11-12-13-16-19-24-22(25)20-17-14-15-18-21(20)23(24)26/h14-15,17-18H,2-13,16,19H2,1H3. The first-order chi connectivity index (χ1) is 12.8. The Morgan fingerprint density at radius 2 is 1.00 bits per heavy atom. The molecule has 2 amide bonds. The van der Waals surface area contributed by atoms with E-state index in [9.17, 15) is 9.59 Å². The molecule has 2 rings (SSSR count). The molecule has 1 aromatic rings. The Hall–Kier alpha value is -1.64. The van der Waals surface area contributed by atoms with Crippen LogP contribution in [-0.2, 0) is 0 Å². The Morgan fingerprint density at radius 3 is 1.42 bits per heavy atom. The van der Waals surface area contributed by atoms with E-state index in [0.717, 1.165) is 12.8 Å². The second kappa shape index (κ2) is 11.9. The molecule has 1 heterocycles. The van der Waals surface area contributed by atoms with Crippen LogP contribution in [0.2, 0.25) is 0 Å². The van der Waals surface area contributed by atoms with E-state index in [4.69, 9.17) is 0 Å². The van der Waals surface area contributed by atoms with Crippen molar-refractivity contribution in [3.63, 3.8) is 0 Å². The summed E-state index contributed by atoms with van der Waals surface area (Å²) in [6.07, 6.45) is 16.9. The molecule has 0 radical (unpaired) electrons. The zero-order valence-corrected chi connectivity index (χ0v) is 16.5. The van der Waals surface area contributed by atoms with Gasteiger partial charge in [-0.25, -0.2) is 0 Å². The molecule has 1 aliphatic heterocycles. The van der Waals surface area contributed by atoms with Gasteiger partial charge in [0.2, 0.25) is 0 Å². The Bertz CT molecular complexity index is 532. The first kappa shape index (κ1) is 20.7. The zero-order chi connectivity index (χ0) is 18.6. The summed E-state index contributed by atoms with van der Waals surface area (Å²) in [5, 5.41) is 0. The lowest BCUT2D eigenvalue weighted by Gasteiger charge is -2.13. The van der Waals surface area contributed by atoms with Crippen molar-refractivity contribution in [2.75, 3.05) is 6.54 Å². The molecular weight excluding hydrogens is 322 g/mol. The van der Waals surface area contributed by atoms with Crippen LogP contribution in [0, 0.1) is 0 Å². The van der Waals surface area contributed by atoms with Gasteiger partial charge >= 0.3 is 0 Å². The number of hydrogen-bond donors (Lipinski definition) is 0. The van der Waals surface area contributed by atoms with Gasteiger partial charge in [0.05, 0.1) is 11.1 Å². The Kier molecular flexibility index (Phi) is 9.44. The Balaban J connectivity index is 1.46. The third kappa shape index (κ3) is 6.26. The summed E-state index contributed by atoms with van der Waals surface area (Å²) in [7, 11) is 0. The smallest absolute Gasteiger partial charge is 0.261 e. The molecule has 1 aromatic carbocycles. The Labute approximate surface area is 159 Å². The number of imide groups is 1. The lowest BCUT2D eigenvalue weighted by molar-refractivity contribution is 0.0651. The third-order valence-corrected chi connectivity index (χ3v) is 5.36. The van der Waals surface area contributed by atoms with Crippen molar-refractivity contribution < 1.29 is 9.59 Å². The average Bonchev–Trinajstić information content (AvgIpc) is 2.90. The molecule has 1 aliphatic rings. The quantitative estimate of drug-likeness (QED) is 0.286. The molecule has 0 bridgehead atoms. The summed E-state index contributed by atoms with van der Waals surface area (Å²) in [5.74, 6) is -0.242. The molecule has 26 heavy (non-hydrogen) atoms. The van der Waals surface area contributed by atoms with E-state index in [1.807, 2.05) is 12.1 Å². The molecule has 0 saturated heterocycles. The molecular formula is C23H35NO2. The van der Waals surface area contributed by atoms with Crippen molar-refractivity contribution in [3.05, 3.63) is 35.4 Å². The monoisotopic (exact) mass is 357 g/mol. The van der Waals surface area contributed by atoms with Gasteiger partial charge in [0.25, 0.3) is 11.8 Å². The highest BCUT2D eigenvalue weighted by atomic mass is 16.2. The molecule has 0 N–H and O–H groups in total. The average molecular weight is 358 g/mol. The van der Waals surface area contributed by atoms with Crippen LogP contribution in [0.1, 0.15) is 111 Å². The largest absolute Gasteiger partial charge is 0.274 e. The summed E-state index contributed by atoms with van der Waals surface area (Å²) in [5.41, 5.74) is 1.12. The topological polar surface area (TPSA) is 37.4 Å². The molecule has 0 fully saturated rings. The van der Waals surface area contributed by atoms with E-state index in [2.05, 4.69) is 6.92 Å². The van der Waals surface area contributed by atoms with Gasteiger partial charge in [0.15, 0.2) is 0 Å². The summed E-state index contributed by atoms with van der Waals surface area (Å²) < 4.78 is 0. The normalized spacial score (nSPS) is 13.5. The van der Waals surface area contributed by atoms with E-state index in [-0.39, 0.29) is 11.8 Å². The first-order valence-electron chi connectivity index (χ1n) is 10.7. The van der Waals surface area contributed by atoms with E-state index in [1.165, 1.54) is 75.5 Å². The molecule has 0 aliphatic carbocycles. The molecule has 0 saturated carbocycles. The number of rotatable bonds is 14. The van der Waals surface area contributed by atoms with Crippen molar-refractivity contribution in [1.82, 2.24) is 4.90 Å². The molecule has 3 nitrogen and oxygen atoms in total. The van der Waals surface area contributed by atoms with Crippen LogP contribution >= 0.6 is 0 Å². The van der Waals surface area contributed by atoms with Gasteiger partial charge in [-0.05, 0) is 18.6 Å². The van der Waals surface area contributed by atoms with Gasteiger partial charge in [0, 0.05) is 6.54 Å². The molecule has 0 atom stereocenters. The number of amides is 2. The van der Waals surface area contributed by atoms with E-state index >= 15 is 0 Å². The van der Waals surface area contributed by atoms with Crippen LogP contribution < -0.4 is 0 Å². The number of hydrogen-bond acceptors (Lipinski definition) is 2. The van der Waals surface area contributed by atoms with Crippen LogP contribution in [0.5, 0.6) is 0 Å². The van der Waals surface area contributed by atoms with E-state index < -0.39 is 0 Å². The van der Waals surface area contributed by atoms with Gasteiger partial charge in [0.1, 0.15) is 0 Å². The van der Waals surface area contributed by atoms with Crippen molar-refractivity contribution >= 4 is 11.8 Å². The highest BCUT2D eigenvalue weighted by molar-refractivity contribution is 6.21. The maximum atomic E-state index is 12.3. The predicted molar refractivity (Wildman–Crippen MR) is 108 cm³/mol. The summed E-state index contributed by atoms with van der Waals surface area (Å²) >= 11 is 0.